The van der Waals surface area contributed by atoms with Crippen molar-refractivity contribution < 1.29 is 28.6 Å². The van der Waals surface area contributed by atoms with Crippen LogP contribution in [0.25, 0.3) is 6.08 Å². The fraction of sp³-hybridized carbons (Fsp3) is 0.435. The number of hydrogen-bond acceptors (Lipinski definition) is 6. The number of ether oxygens (including phenoxy) is 3. The molecule has 6 nitrogen and oxygen atoms in total. The monoisotopic (exact) mass is 402 g/mol. The van der Waals surface area contributed by atoms with Crippen molar-refractivity contribution >= 4 is 24.0 Å². The van der Waals surface area contributed by atoms with Gasteiger partial charge < -0.3 is 14.2 Å². The molecule has 0 unspecified atom stereocenters. The van der Waals surface area contributed by atoms with Crippen molar-refractivity contribution in [1.82, 2.24) is 0 Å². The molecule has 0 radical (unpaired) electrons. The lowest BCUT2D eigenvalue weighted by Crippen LogP contribution is -2.06. The Morgan fingerprint density at radius 3 is 2.00 bits per heavy atom. The third-order valence-electron chi connectivity index (χ3n) is 4.11. The van der Waals surface area contributed by atoms with E-state index in [4.69, 9.17) is 9.47 Å². The molecule has 158 valence electrons. The molecule has 0 heterocycles. The van der Waals surface area contributed by atoms with Gasteiger partial charge in [0.1, 0.15) is 0 Å². The van der Waals surface area contributed by atoms with E-state index in [0.717, 1.165) is 44.1 Å². The Bertz CT molecular complexity index is 703. The van der Waals surface area contributed by atoms with E-state index in [0.29, 0.717) is 24.4 Å². The standard InChI is InChI=1S/C23H30O6/c1-18(2)22(25)28-16-8-6-4-5-7-9-17-29-23(26)20-13-10-19(11-14-20)12-15-21(24)27-3/h10-15H,1,4-9,16-17H2,2-3H3. The Morgan fingerprint density at radius 2 is 1.45 bits per heavy atom. The summed E-state index contributed by atoms with van der Waals surface area (Å²) < 4.78 is 14.8. The number of rotatable bonds is 13. The van der Waals surface area contributed by atoms with Crippen LogP contribution in [-0.2, 0) is 23.8 Å². The SMILES string of the molecule is C=C(C)C(=O)OCCCCCCCCOC(=O)c1ccc(C=CC(=O)OC)cc1. The van der Waals surface area contributed by atoms with E-state index in [1.807, 2.05) is 0 Å². The molecule has 1 aromatic carbocycles. The summed E-state index contributed by atoms with van der Waals surface area (Å²) in [6.07, 6.45) is 8.69. The van der Waals surface area contributed by atoms with Crippen LogP contribution in [0.15, 0.2) is 42.5 Å². The van der Waals surface area contributed by atoms with Gasteiger partial charge in [0.2, 0.25) is 0 Å². The van der Waals surface area contributed by atoms with Gasteiger partial charge in [-0.2, -0.15) is 0 Å². The van der Waals surface area contributed by atoms with Crippen molar-refractivity contribution in [3.05, 3.63) is 53.6 Å². The fourth-order valence-corrected chi connectivity index (χ4v) is 2.41. The first-order chi connectivity index (χ1) is 13.9. The Morgan fingerprint density at radius 1 is 0.897 bits per heavy atom. The highest BCUT2D eigenvalue weighted by molar-refractivity contribution is 5.90. The maximum atomic E-state index is 12.0. The molecule has 1 aromatic rings. The summed E-state index contributed by atoms with van der Waals surface area (Å²) in [6.45, 7) is 5.99. The lowest BCUT2D eigenvalue weighted by molar-refractivity contribution is -0.139. The molecular formula is C23H30O6. The van der Waals surface area contributed by atoms with Gasteiger partial charge in [-0.25, -0.2) is 14.4 Å². The summed E-state index contributed by atoms with van der Waals surface area (Å²) >= 11 is 0. The minimum atomic E-state index is -0.431. The van der Waals surface area contributed by atoms with Crippen molar-refractivity contribution in [3.8, 4) is 0 Å². The number of benzene rings is 1. The van der Waals surface area contributed by atoms with Gasteiger partial charge in [0.15, 0.2) is 0 Å². The summed E-state index contributed by atoms with van der Waals surface area (Å²) in [6, 6.07) is 6.81. The molecular weight excluding hydrogens is 372 g/mol. The van der Waals surface area contributed by atoms with E-state index in [9.17, 15) is 14.4 Å². The Hall–Kier alpha value is -2.89. The molecule has 6 heteroatoms. The first-order valence-electron chi connectivity index (χ1n) is 9.80. The molecule has 0 aliphatic heterocycles. The van der Waals surface area contributed by atoms with E-state index in [1.54, 1.807) is 37.3 Å². The molecule has 0 N–H and O–H groups in total. The van der Waals surface area contributed by atoms with Crippen LogP contribution in [0, 0.1) is 0 Å². The van der Waals surface area contributed by atoms with Gasteiger partial charge in [0, 0.05) is 11.6 Å². The van der Waals surface area contributed by atoms with E-state index >= 15 is 0 Å². The summed E-state index contributed by atoms with van der Waals surface area (Å²) in [5, 5.41) is 0. The first kappa shape index (κ1) is 24.1. The molecule has 1 rings (SSSR count). The number of methoxy groups -OCH3 is 1. The third-order valence-corrected chi connectivity index (χ3v) is 4.11. The number of carbonyl (C=O) groups excluding carboxylic acids is 3. The molecule has 0 saturated heterocycles. The van der Waals surface area contributed by atoms with Crippen LogP contribution in [0.5, 0.6) is 0 Å². The van der Waals surface area contributed by atoms with E-state index < -0.39 is 5.97 Å². The molecule has 0 aliphatic rings. The second-order valence-corrected chi connectivity index (χ2v) is 6.65. The number of unbranched alkanes of at least 4 members (excludes halogenated alkanes) is 5. The zero-order valence-corrected chi connectivity index (χ0v) is 17.3. The van der Waals surface area contributed by atoms with E-state index in [1.165, 1.54) is 13.2 Å². The summed E-state index contributed by atoms with van der Waals surface area (Å²) in [5.41, 5.74) is 1.69. The normalized spacial score (nSPS) is 10.6. The van der Waals surface area contributed by atoms with Gasteiger partial charge in [-0.05, 0) is 43.5 Å². The maximum Gasteiger partial charge on any atom is 0.338 e. The number of esters is 3. The van der Waals surface area contributed by atoms with Gasteiger partial charge in [0.25, 0.3) is 0 Å². The Balaban J connectivity index is 2.10. The van der Waals surface area contributed by atoms with Gasteiger partial charge >= 0.3 is 17.9 Å². The van der Waals surface area contributed by atoms with Crippen LogP contribution in [0.1, 0.15) is 61.4 Å². The van der Waals surface area contributed by atoms with Crippen molar-refractivity contribution in [2.75, 3.05) is 20.3 Å². The van der Waals surface area contributed by atoms with Crippen LogP contribution in [0.3, 0.4) is 0 Å². The molecule has 0 atom stereocenters. The zero-order chi connectivity index (χ0) is 21.5. The minimum absolute atomic E-state index is 0.334. The van der Waals surface area contributed by atoms with Gasteiger partial charge in [-0.3, -0.25) is 0 Å². The third kappa shape index (κ3) is 10.9. The average Bonchev–Trinajstić information content (AvgIpc) is 2.73. The van der Waals surface area contributed by atoms with Gasteiger partial charge in [0.05, 0.1) is 25.9 Å². The Labute approximate surface area is 172 Å². The fourth-order valence-electron chi connectivity index (χ4n) is 2.41. The smallest absolute Gasteiger partial charge is 0.338 e. The molecule has 0 aromatic heterocycles. The molecule has 0 spiro atoms. The quantitative estimate of drug-likeness (QED) is 0.209. The lowest BCUT2D eigenvalue weighted by Gasteiger charge is -2.06. The highest BCUT2D eigenvalue weighted by atomic mass is 16.5. The van der Waals surface area contributed by atoms with Crippen molar-refractivity contribution in [2.45, 2.75) is 45.4 Å². The van der Waals surface area contributed by atoms with E-state index in [2.05, 4.69) is 11.3 Å². The first-order valence-corrected chi connectivity index (χ1v) is 9.80. The number of carbonyl (C=O) groups is 3. The van der Waals surface area contributed by atoms with Crippen molar-refractivity contribution in [1.29, 1.82) is 0 Å². The average molecular weight is 402 g/mol. The lowest BCUT2D eigenvalue weighted by atomic mass is 10.1. The zero-order valence-electron chi connectivity index (χ0n) is 17.3. The second-order valence-electron chi connectivity index (χ2n) is 6.65. The predicted molar refractivity (Wildman–Crippen MR) is 111 cm³/mol. The van der Waals surface area contributed by atoms with Crippen LogP contribution in [-0.4, -0.2) is 38.2 Å². The highest BCUT2D eigenvalue weighted by Crippen LogP contribution is 2.10. The minimum Gasteiger partial charge on any atom is -0.466 e. The van der Waals surface area contributed by atoms with Crippen molar-refractivity contribution in [2.24, 2.45) is 0 Å². The van der Waals surface area contributed by atoms with Crippen LogP contribution >= 0.6 is 0 Å². The molecule has 0 aliphatic carbocycles. The summed E-state index contributed by atoms with van der Waals surface area (Å²) in [7, 11) is 1.32. The van der Waals surface area contributed by atoms with Crippen LogP contribution in [0.4, 0.5) is 0 Å². The summed E-state index contributed by atoms with van der Waals surface area (Å²) in [5.74, 6) is -1.12. The highest BCUT2D eigenvalue weighted by Gasteiger charge is 2.06. The maximum absolute atomic E-state index is 12.0. The van der Waals surface area contributed by atoms with Crippen LogP contribution < -0.4 is 0 Å². The Kier molecular flexibility index (Phi) is 11.8. The molecule has 0 amide bonds. The predicted octanol–water partition coefficient (Wildman–Crippen LogP) is 4.49. The summed E-state index contributed by atoms with van der Waals surface area (Å²) in [4.78, 5) is 34.3. The van der Waals surface area contributed by atoms with E-state index in [-0.39, 0.29) is 11.9 Å². The van der Waals surface area contributed by atoms with Crippen molar-refractivity contribution in [3.63, 3.8) is 0 Å². The molecule has 0 saturated carbocycles. The topological polar surface area (TPSA) is 78.9 Å². The van der Waals surface area contributed by atoms with Gasteiger partial charge in [-0.15, -0.1) is 0 Å². The van der Waals surface area contributed by atoms with Gasteiger partial charge in [-0.1, -0.05) is 44.4 Å². The second kappa shape index (κ2) is 14.2. The number of hydrogen-bond donors (Lipinski definition) is 0. The molecule has 0 fully saturated rings. The largest absolute Gasteiger partial charge is 0.466 e. The molecule has 0 bridgehead atoms. The molecule has 29 heavy (non-hydrogen) atoms. The van der Waals surface area contributed by atoms with Crippen LogP contribution in [0.2, 0.25) is 0 Å².